The zero-order valence-corrected chi connectivity index (χ0v) is 12.2. The molecule has 1 rings (SSSR count). The summed E-state index contributed by atoms with van der Waals surface area (Å²) in [5, 5.41) is 11.8. The number of carbonyl (C=O) groups is 1. The number of carbonyl (C=O) groups excluding carboxylic acids is 1. The van der Waals surface area contributed by atoms with Crippen molar-refractivity contribution in [1.29, 1.82) is 0 Å². The summed E-state index contributed by atoms with van der Waals surface area (Å²) in [7, 11) is 1.54. The van der Waals surface area contributed by atoms with Crippen LogP contribution in [0.15, 0.2) is 24.3 Å². The van der Waals surface area contributed by atoms with Crippen LogP contribution in [-0.4, -0.2) is 43.1 Å². The molecule has 0 aliphatic heterocycles. The topological polar surface area (TPSA) is 58.6 Å². The number of benzene rings is 1. The molecule has 0 heterocycles. The molecule has 19 heavy (non-hydrogen) atoms. The SMILES string of the molecule is COCC(CO)NC(=O)CSCc1cccc(C)c1. The average Bonchev–Trinajstić information content (AvgIpc) is 2.38. The maximum absolute atomic E-state index is 11.6. The summed E-state index contributed by atoms with van der Waals surface area (Å²) in [5.74, 6) is 1.12. The molecule has 0 aliphatic rings. The summed E-state index contributed by atoms with van der Waals surface area (Å²) in [6.45, 7) is 2.27. The molecule has 0 radical (unpaired) electrons. The number of amides is 1. The minimum Gasteiger partial charge on any atom is -0.394 e. The Labute approximate surface area is 118 Å². The van der Waals surface area contributed by atoms with Gasteiger partial charge in [0, 0.05) is 12.9 Å². The zero-order valence-electron chi connectivity index (χ0n) is 11.4. The minimum absolute atomic E-state index is 0.0752. The maximum Gasteiger partial charge on any atom is 0.230 e. The van der Waals surface area contributed by atoms with Gasteiger partial charge < -0.3 is 15.2 Å². The monoisotopic (exact) mass is 283 g/mol. The number of ether oxygens (including phenoxy) is 1. The van der Waals surface area contributed by atoms with Gasteiger partial charge in [-0.1, -0.05) is 29.8 Å². The van der Waals surface area contributed by atoms with Gasteiger partial charge in [-0.15, -0.1) is 11.8 Å². The largest absolute Gasteiger partial charge is 0.394 e. The van der Waals surface area contributed by atoms with E-state index in [1.165, 1.54) is 11.1 Å². The first-order valence-electron chi connectivity index (χ1n) is 6.18. The molecule has 2 N–H and O–H groups in total. The Bertz CT molecular complexity index is 398. The number of thioether (sulfide) groups is 1. The van der Waals surface area contributed by atoms with Crippen LogP contribution in [0.4, 0.5) is 0 Å². The molecule has 4 nitrogen and oxygen atoms in total. The Hall–Kier alpha value is -1.04. The molecule has 0 saturated heterocycles. The van der Waals surface area contributed by atoms with E-state index in [9.17, 15) is 4.79 Å². The van der Waals surface area contributed by atoms with Crippen molar-refractivity contribution in [3.8, 4) is 0 Å². The van der Waals surface area contributed by atoms with Crippen molar-refractivity contribution in [2.24, 2.45) is 0 Å². The molecule has 0 aliphatic carbocycles. The Morgan fingerprint density at radius 2 is 2.32 bits per heavy atom. The first-order chi connectivity index (χ1) is 9.15. The molecule has 1 amide bonds. The smallest absolute Gasteiger partial charge is 0.230 e. The number of aryl methyl sites for hydroxylation is 1. The van der Waals surface area contributed by atoms with Gasteiger partial charge in [-0.2, -0.15) is 0 Å². The van der Waals surface area contributed by atoms with Crippen LogP contribution in [0.1, 0.15) is 11.1 Å². The predicted molar refractivity (Wildman–Crippen MR) is 78.2 cm³/mol. The van der Waals surface area contributed by atoms with Gasteiger partial charge in [-0.3, -0.25) is 4.79 Å². The highest BCUT2D eigenvalue weighted by molar-refractivity contribution is 7.99. The van der Waals surface area contributed by atoms with Crippen molar-refractivity contribution in [1.82, 2.24) is 5.32 Å². The van der Waals surface area contributed by atoms with E-state index in [1.807, 2.05) is 6.07 Å². The van der Waals surface area contributed by atoms with E-state index in [-0.39, 0.29) is 18.6 Å². The fourth-order valence-corrected chi connectivity index (χ4v) is 2.46. The van der Waals surface area contributed by atoms with E-state index in [2.05, 4.69) is 30.4 Å². The van der Waals surface area contributed by atoms with Crippen molar-refractivity contribution in [2.75, 3.05) is 26.1 Å². The summed E-state index contributed by atoms with van der Waals surface area (Å²) in [5.41, 5.74) is 2.44. The number of aliphatic hydroxyl groups is 1. The first kappa shape index (κ1) is 16.0. The second-order valence-electron chi connectivity index (χ2n) is 4.38. The normalized spacial score (nSPS) is 12.2. The third-order valence-corrected chi connectivity index (χ3v) is 3.54. The van der Waals surface area contributed by atoms with E-state index in [0.717, 1.165) is 5.75 Å². The van der Waals surface area contributed by atoms with Crippen molar-refractivity contribution < 1.29 is 14.6 Å². The van der Waals surface area contributed by atoms with Crippen LogP contribution in [0.2, 0.25) is 0 Å². The van der Waals surface area contributed by atoms with Crippen molar-refractivity contribution in [2.45, 2.75) is 18.7 Å². The molecule has 0 bridgehead atoms. The lowest BCUT2D eigenvalue weighted by Gasteiger charge is -2.14. The molecular formula is C14H21NO3S. The van der Waals surface area contributed by atoms with Crippen LogP contribution in [0.5, 0.6) is 0 Å². The second kappa shape index (κ2) is 8.96. The Morgan fingerprint density at radius 1 is 1.53 bits per heavy atom. The molecule has 1 aromatic rings. The van der Waals surface area contributed by atoms with Crippen LogP contribution in [0.25, 0.3) is 0 Å². The Kier molecular flexibility index (Phi) is 7.55. The van der Waals surface area contributed by atoms with E-state index in [1.54, 1.807) is 18.9 Å². The molecule has 1 aromatic carbocycles. The van der Waals surface area contributed by atoms with Crippen LogP contribution in [-0.2, 0) is 15.3 Å². The van der Waals surface area contributed by atoms with Gasteiger partial charge in [0.15, 0.2) is 0 Å². The standard InChI is InChI=1S/C14H21NO3S/c1-11-4-3-5-12(6-11)9-19-10-14(17)15-13(7-16)8-18-2/h3-6,13,16H,7-10H2,1-2H3,(H,15,17). The molecule has 1 unspecified atom stereocenters. The summed E-state index contributed by atoms with van der Waals surface area (Å²) >= 11 is 1.56. The fraction of sp³-hybridized carbons (Fsp3) is 0.500. The predicted octanol–water partition coefficient (Wildman–Crippen LogP) is 1.35. The third kappa shape index (κ3) is 6.61. The quantitative estimate of drug-likeness (QED) is 0.756. The fourth-order valence-electron chi connectivity index (χ4n) is 1.67. The van der Waals surface area contributed by atoms with Crippen LogP contribution in [0, 0.1) is 6.92 Å². The lowest BCUT2D eigenvalue weighted by Crippen LogP contribution is -2.41. The molecule has 1 atom stereocenters. The summed E-state index contributed by atoms with van der Waals surface area (Å²) in [6, 6.07) is 7.92. The van der Waals surface area contributed by atoms with Gasteiger partial charge in [-0.25, -0.2) is 0 Å². The molecule has 5 heteroatoms. The molecule has 0 saturated carbocycles. The van der Waals surface area contributed by atoms with E-state index in [0.29, 0.717) is 12.4 Å². The van der Waals surface area contributed by atoms with Crippen molar-refractivity contribution in [3.63, 3.8) is 0 Å². The van der Waals surface area contributed by atoms with Gasteiger partial charge in [0.05, 0.1) is 25.0 Å². The van der Waals surface area contributed by atoms with E-state index in [4.69, 9.17) is 9.84 Å². The Morgan fingerprint density at radius 3 is 2.95 bits per heavy atom. The molecule has 106 valence electrons. The van der Waals surface area contributed by atoms with Gasteiger partial charge in [0.1, 0.15) is 0 Å². The van der Waals surface area contributed by atoms with Gasteiger partial charge in [0.2, 0.25) is 5.91 Å². The summed E-state index contributed by atoms with van der Waals surface area (Å²) in [6.07, 6.45) is 0. The van der Waals surface area contributed by atoms with Crippen LogP contribution >= 0.6 is 11.8 Å². The van der Waals surface area contributed by atoms with Crippen molar-refractivity contribution >= 4 is 17.7 Å². The average molecular weight is 283 g/mol. The molecule has 0 fully saturated rings. The first-order valence-corrected chi connectivity index (χ1v) is 7.33. The highest BCUT2D eigenvalue weighted by Gasteiger charge is 2.10. The van der Waals surface area contributed by atoms with Crippen LogP contribution in [0.3, 0.4) is 0 Å². The Balaban J connectivity index is 2.27. The third-order valence-electron chi connectivity index (χ3n) is 2.54. The summed E-state index contributed by atoms with van der Waals surface area (Å²) < 4.78 is 4.90. The number of rotatable bonds is 8. The van der Waals surface area contributed by atoms with E-state index >= 15 is 0 Å². The molecule has 0 spiro atoms. The highest BCUT2D eigenvalue weighted by atomic mass is 32.2. The number of methoxy groups -OCH3 is 1. The van der Waals surface area contributed by atoms with Gasteiger partial charge in [0.25, 0.3) is 0 Å². The second-order valence-corrected chi connectivity index (χ2v) is 5.37. The van der Waals surface area contributed by atoms with Gasteiger partial charge >= 0.3 is 0 Å². The zero-order chi connectivity index (χ0) is 14.1. The number of hydrogen-bond donors (Lipinski definition) is 2. The molecular weight excluding hydrogens is 262 g/mol. The van der Waals surface area contributed by atoms with E-state index < -0.39 is 0 Å². The lowest BCUT2D eigenvalue weighted by molar-refractivity contribution is -0.120. The highest BCUT2D eigenvalue weighted by Crippen LogP contribution is 2.13. The molecule has 0 aromatic heterocycles. The van der Waals surface area contributed by atoms with Crippen molar-refractivity contribution in [3.05, 3.63) is 35.4 Å². The number of nitrogens with one attached hydrogen (secondary N) is 1. The van der Waals surface area contributed by atoms with Crippen LogP contribution < -0.4 is 5.32 Å². The maximum atomic E-state index is 11.6. The lowest BCUT2D eigenvalue weighted by atomic mass is 10.2. The van der Waals surface area contributed by atoms with Gasteiger partial charge in [-0.05, 0) is 12.5 Å². The number of aliphatic hydroxyl groups excluding tert-OH is 1. The minimum atomic E-state index is -0.322. The summed E-state index contributed by atoms with van der Waals surface area (Å²) in [4.78, 5) is 11.6. The number of hydrogen-bond acceptors (Lipinski definition) is 4.